The van der Waals surface area contributed by atoms with E-state index < -0.39 is 0 Å². The van der Waals surface area contributed by atoms with E-state index in [-0.39, 0.29) is 35.5 Å². The average molecular weight is 372 g/mol. The van der Waals surface area contributed by atoms with Crippen molar-refractivity contribution in [3.8, 4) is 23.0 Å². The highest BCUT2D eigenvalue weighted by Crippen LogP contribution is 2.51. The smallest absolute Gasteiger partial charge is 0.160 e. The molecule has 4 atom stereocenters. The standard InChI is InChI=1S/C21H24O6/c1-24-18-7-11(4-5-16(18)22)20-13-9-17(23)19(25-2)8-12(13)6-14-15(20)10-27-21(14)26-3/h4-5,7-9,14-15,20-23H,6,10H2,1-3H3/t14-,15+,20?,21?/m0/s1. The third-order valence-corrected chi connectivity index (χ3v) is 5.81. The second-order valence-electron chi connectivity index (χ2n) is 7.10. The van der Waals surface area contributed by atoms with Gasteiger partial charge in [0.05, 0.1) is 20.8 Å². The molecule has 1 aliphatic carbocycles. The fourth-order valence-corrected chi connectivity index (χ4v) is 4.54. The Balaban J connectivity index is 1.87. The van der Waals surface area contributed by atoms with Gasteiger partial charge in [-0.3, -0.25) is 0 Å². The zero-order chi connectivity index (χ0) is 19.1. The van der Waals surface area contributed by atoms with Gasteiger partial charge in [0.1, 0.15) is 0 Å². The number of aromatic hydroxyl groups is 2. The maximum absolute atomic E-state index is 10.4. The fraction of sp³-hybridized carbons (Fsp3) is 0.429. The minimum Gasteiger partial charge on any atom is -0.504 e. The lowest BCUT2D eigenvalue weighted by atomic mass is 9.67. The molecule has 6 heteroatoms. The number of methoxy groups -OCH3 is 3. The summed E-state index contributed by atoms with van der Waals surface area (Å²) in [5.41, 5.74) is 3.16. The van der Waals surface area contributed by atoms with E-state index in [2.05, 4.69) is 0 Å². The number of phenolic OH excluding ortho intramolecular Hbond substituents is 2. The van der Waals surface area contributed by atoms with Crippen LogP contribution in [0.3, 0.4) is 0 Å². The number of phenols is 2. The first-order chi connectivity index (χ1) is 13.1. The molecule has 2 aromatic rings. The van der Waals surface area contributed by atoms with E-state index in [9.17, 15) is 10.2 Å². The number of hydrogen-bond acceptors (Lipinski definition) is 6. The number of ether oxygens (including phenoxy) is 4. The summed E-state index contributed by atoms with van der Waals surface area (Å²) in [6.45, 7) is 0.573. The Labute approximate surface area is 158 Å². The molecule has 2 aromatic carbocycles. The van der Waals surface area contributed by atoms with Crippen LogP contribution in [0.1, 0.15) is 22.6 Å². The van der Waals surface area contributed by atoms with Crippen LogP contribution in [-0.2, 0) is 15.9 Å². The third kappa shape index (κ3) is 2.89. The van der Waals surface area contributed by atoms with Crippen LogP contribution in [0.25, 0.3) is 0 Å². The summed E-state index contributed by atoms with van der Waals surface area (Å²) < 4.78 is 22.1. The SMILES string of the molecule is COc1cc(C2c3cc(O)c(OC)cc3C[C@@H]3C(OC)OC[C@@H]23)ccc1O. The van der Waals surface area contributed by atoms with Crippen LogP contribution < -0.4 is 9.47 Å². The molecule has 1 heterocycles. The first kappa shape index (κ1) is 17.9. The van der Waals surface area contributed by atoms with Gasteiger partial charge in [-0.15, -0.1) is 0 Å². The monoisotopic (exact) mass is 372 g/mol. The molecule has 0 bridgehead atoms. The van der Waals surface area contributed by atoms with Gasteiger partial charge >= 0.3 is 0 Å². The van der Waals surface area contributed by atoms with Crippen LogP contribution in [0.2, 0.25) is 0 Å². The Morgan fingerprint density at radius 2 is 1.67 bits per heavy atom. The molecule has 1 fully saturated rings. The van der Waals surface area contributed by atoms with Crippen LogP contribution in [0.15, 0.2) is 30.3 Å². The summed E-state index contributed by atoms with van der Waals surface area (Å²) in [5, 5.41) is 20.4. The normalized spacial score (nSPS) is 26.3. The van der Waals surface area contributed by atoms with Gasteiger partial charge in [0.25, 0.3) is 0 Å². The maximum Gasteiger partial charge on any atom is 0.160 e. The number of rotatable bonds is 4. The lowest BCUT2D eigenvalue weighted by molar-refractivity contribution is -0.110. The summed E-state index contributed by atoms with van der Waals surface area (Å²) in [4.78, 5) is 0. The molecule has 0 saturated carbocycles. The molecule has 2 unspecified atom stereocenters. The molecular formula is C21H24O6. The van der Waals surface area contributed by atoms with E-state index >= 15 is 0 Å². The molecule has 2 N–H and O–H groups in total. The van der Waals surface area contributed by atoms with Crippen molar-refractivity contribution < 1.29 is 29.2 Å². The van der Waals surface area contributed by atoms with Gasteiger partial charge in [-0.2, -0.15) is 0 Å². The molecule has 6 nitrogen and oxygen atoms in total. The summed E-state index contributed by atoms with van der Waals surface area (Å²) >= 11 is 0. The van der Waals surface area contributed by atoms with Crippen molar-refractivity contribution >= 4 is 0 Å². The van der Waals surface area contributed by atoms with E-state index in [0.717, 1.165) is 23.1 Å². The highest BCUT2D eigenvalue weighted by molar-refractivity contribution is 5.53. The second kappa shape index (κ2) is 6.94. The quantitative estimate of drug-likeness (QED) is 0.859. The predicted molar refractivity (Wildman–Crippen MR) is 98.6 cm³/mol. The molecule has 4 rings (SSSR count). The maximum atomic E-state index is 10.4. The number of fused-ring (bicyclic) bond motifs is 2. The van der Waals surface area contributed by atoms with E-state index in [1.54, 1.807) is 26.4 Å². The van der Waals surface area contributed by atoms with E-state index in [1.165, 1.54) is 7.11 Å². The average Bonchev–Trinajstić information content (AvgIpc) is 3.09. The predicted octanol–water partition coefficient (Wildman–Crippen LogP) is 3.04. The Morgan fingerprint density at radius 3 is 2.37 bits per heavy atom. The Hall–Kier alpha value is -2.44. The molecule has 0 aromatic heterocycles. The third-order valence-electron chi connectivity index (χ3n) is 5.81. The van der Waals surface area contributed by atoms with Crippen molar-refractivity contribution in [2.75, 3.05) is 27.9 Å². The Kier molecular flexibility index (Phi) is 4.61. The Morgan fingerprint density at radius 1 is 0.926 bits per heavy atom. The van der Waals surface area contributed by atoms with Crippen molar-refractivity contribution in [2.24, 2.45) is 11.8 Å². The van der Waals surface area contributed by atoms with Gasteiger partial charge in [-0.1, -0.05) is 6.07 Å². The second-order valence-corrected chi connectivity index (χ2v) is 7.10. The van der Waals surface area contributed by atoms with Crippen LogP contribution in [0, 0.1) is 11.8 Å². The van der Waals surface area contributed by atoms with Gasteiger partial charge in [0, 0.05) is 24.9 Å². The molecule has 1 saturated heterocycles. The molecule has 2 aliphatic rings. The summed E-state index contributed by atoms with van der Waals surface area (Å²) in [6, 6.07) is 9.08. The molecule has 144 valence electrons. The topological polar surface area (TPSA) is 77.4 Å². The highest BCUT2D eigenvalue weighted by atomic mass is 16.7. The molecule has 27 heavy (non-hydrogen) atoms. The van der Waals surface area contributed by atoms with E-state index in [1.807, 2.05) is 18.2 Å². The molecule has 0 radical (unpaired) electrons. The number of hydrogen-bond donors (Lipinski definition) is 2. The lowest BCUT2D eigenvalue weighted by Gasteiger charge is -2.36. The fourth-order valence-electron chi connectivity index (χ4n) is 4.54. The van der Waals surface area contributed by atoms with Crippen molar-refractivity contribution in [1.82, 2.24) is 0 Å². The minimum absolute atomic E-state index is 0.00907. The summed E-state index contributed by atoms with van der Waals surface area (Å²) in [7, 11) is 4.75. The zero-order valence-electron chi connectivity index (χ0n) is 15.6. The largest absolute Gasteiger partial charge is 0.504 e. The highest BCUT2D eigenvalue weighted by Gasteiger charge is 2.47. The van der Waals surface area contributed by atoms with Gasteiger partial charge in [-0.25, -0.2) is 0 Å². The van der Waals surface area contributed by atoms with Crippen molar-refractivity contribution in [3.63, 3.8) is 0 Å². The molecule has 0 amide bonds. The van der Waals surface area contributed by atoms with Crippen LogP contribution in [0.5, 0.6) is 23.0 Å². The van der Waals surface area contributed by atoms with Crippen LogP contribution in [0.4, 0.5) is 0 Å². The molecule has 1 aliphatic heterocycles. The van der Waals surface area contributed by atoms with Crippen molar-refractivity contribution in [3.05, 3.63) is 47.0 Å². The molecule has 0 spiro atoms. The van der Waals surface area contributed by atoms with Gasteiger partial charge in [0.15, 0.2) is 29.3 Å². The van der Waals surface area contributed by atoms with Crippen molar-refractivity contribution in [2.45, 2.75) is 18.6 Å². The number of benzene rings is 2. The first-order valence-corrected chi connectivity index (χ1v) is 8.98. The van der Waals surface area contributed by atoms with Gasteiger partial charge in [0.2, 0.25) is 0 Å². The zero-order valence-corrected chi connectivity index (χ0v) is 15.6. The summed E-state index contributed by atoms with van der Waals surface area (Å²) in [5.74, 6) is 1.49. The first-order valence-electron chi connectivity index (χ1n) is 8.98. The van der Waals surface area contributed by atoms with E-state index in [4.69, 9.17) is 18.9 Å². The minimum atomic E-state index is -0.260. The van der Waals surface area contributed by atoms with Crippen molar-refractivity contribution in [1.29, 1.82) is 0 Å². The van der Waals surface area contributed by atoms with E-state index in [0.29, 0.717) is 18.1 Å². The summed E-state index contributed by atoms with van der Waals surface area (Å²) in [6.07, 6.45) is 0.533. The van der Waals surface area contributed by atoms with Gasteiger partial charge in [-0.05, 0) is 47.4 Å². The van der Waals surface area contributed by atoms with Gasteiger partial charge < -0.3 is 29.2 Å². The van der Waals surface area contributed by atoms with Crippen LogP contribution >= 0.6 is 0 Å². The molecular weight excluding hydrogens is 348 g/mol. The Bertz CT molecular complexity index is 849. The van der Waals surface area contributed by atoms with Crippen LogP contribution in [-0.4, -0.2) is 44.4 Å². The lowest BCUT2D eigenvalue weighted by Crippen LogP contribution is -2.33.